The van der Waals surface area contributed by atoms with E-state index in [1.807, 2.05) is 20.2 Å². The molecular formula is C17H23N3O. The lowest BCUT2D eigenvalue weighted by Crippen LogP contribution is -2.29. The van der Waals surface area contributed by atoms with E-state index in [1.165, 1.54) is 11.1 Å². The Bertz CT molecular complexity index is 644. The second kappa shape index (κ2) is 6.68. The first-order valence-electron chi connectivity index (χ1n) is 7.31. The second-order valence-electron chi connectivity index (χ2n) is 5.73. The van der Waals surface area contributed by atoms with Gasteiger partial charge in [-0.25, -0.2) is 9.78 Å². The molecule has 0 bridgehead atoms. The highest BCUT2D eigenvalue weighted by Crippen LogP contribution is 2.19. The molecule has 4 heteroatoms. The van der Waals surface area contributed by atoms with E-state index in [9.17, 15) is 4.79 Å². The van der Waals surface area contributed by atoms with Crippen molar-refractivity contribution in [1.82, 2.24) is 14.9 Å². The van der Waals surface area contributed by atoms with E-state index in [2.05, 4.69) is 48.4 Å². The lowest BCUT2D eigenvalue weighted by Gasteiger charge is -2.19. The highest BCUT2D eigenvalue weighted by Gasteiger charge is 2.11. The summed E-state index contributed by atoms with van der Waals surface area (Å²) in [6, 6.07) is 8.66. The van der Waals surface area contributed by atoms with Crippen LogP contribution in [0.25, 0.3) is 0 Å². The minimum atomic E-state index is -0.209. The number of likely N-dealkylation sites (N-methyl/N-ethyl adjacent to an activating group) is 1. The minimum absolute atomic E-state index is 0.0903. The van der Waals surface area contributed by atoms with Gasteiger partial charge in [0, 0.05) is 18.9 Å². The van der Waals surface area contributed by atoms with Gasteiger partial charge in [0.05, 0.1) is 6.04 Å². The van der Waals surface area contributed by atoms with Crippen LogP contribution in [0.15, 0.2) is 41.5 Å². The summed E-state index contributed by atoms with van der Waals surface area (Å²) < 4.78 is 1.66. The zero-order valence-electron chi connectivity index (χ0n) is 13.1. The third-order valence-electron chi connectivity index (χ3n) is 3.72. The molecule has 21 heavy (non-hydrogen) atoms. The largest absolute Gasteiger partial charge is 0.347 e. The maximum absolute atomic E-state index is 11.8. The number of aromatic nitrogens is 2. The summed E-state index contributed by atoms with van der Waals surface area (Å²) in [5.74, 6) is 0.524. The molecule has 0 radical (unpaired) electrons. The van der Waals surface area contributed by atoms with Crippen molar-refractivity contribution in [3.8, 4) is 0 Å². The average molecular weight is 285 g/mol. The van der Waals surface area contributed by atoms with Crippen molar-refractivity contribution >= 4 is 0 Å². The maximum atomic E-state index is 11.8. The van der Waals surface area contributed by atoms with Crippen molar-refractivity contribution < 1.29 is 0 Å². The van der Waals surface area contributed by atoms with Crippen LogP contribution in [-0.2, 0) is 6.54 Å². The Balaban J connectivity index is 2.23. The van der Waals surface area contributed by atoms with Crippen molar-refractivity contribution in [3.05, 3.63) is 63.8 Å². The highest BCUT2D eigenvalue weighted by atomic mass is 16.1. The predicted molar refractivity (Wildman–Crippen MR) is 85.6 cm³/mol. The molecule has 0 aliphatic heterocycles. The number of nitrogens with one attached hydrogen (secondary N) is 1. The number of benzene rings is 1. The van der Waals surface area contributed by atoms with Crippen LogP contribution < -0.4 is 11.0 Å². The van der Waals surface area contributed by atoms with Crippen molar-refractivity contribution in [2.45, 2.75) is 39.3 Å². The number of hydrogen-bond donors (Lipinski definition) is 1. The highest BCUT2D eigenvalue weighted by molar-refractivity contribution is 5.26. The first-order valence-corrected chi connectivity index (χ1v) is 7.31. The zero-order valence-corrected chi connectivity index (χ0v) is 13.1. The Labute approximate surface area is 125 Å². The lowest BCUT2D eigenvalue weighted by molar-refractivity contribution is 0.483. The van der Waals surface area contributed by atoms with Crippen LogP contribution in [-0.4, -0.2) is 16.6 Å². The average Bonchev–Trinajstić information content (AvgIpc) is 2.48. The molecular weight excluding hydrogens is 262 g/mol. The zero-order chi connectivity index (χ0) is 15.4. The van der Waals surface area contributed by atoms with Crippen molar-refractivity contribution in [2.75, 3.05) is 7.05 Å². The summed E-state index contributed by atoms with van der Waals surface area (Å²) in [5.41, 5.74) is 3.28. The van der Waals surface area contributed by atoms with Gasteiger partial charge < -0.3 is 5.32 Å². The van der Waals surface area contributed by atoms with Crippen LogP contribution in [0.4, 0.5) is 0 Å². The summed E-state index contributed by atoms with van der Waals surface area (Å²) in [6.07, 6.45) is 3.45. The molecule has 0 aliphatic rings. The van der Waals surface area contributed by atoms with Crippen LogP contribution in [0.3, 0.4) is 0 Å². The molecule has 0 saturated carbocycles. The molecule has 2 rings (SSSR count). The van der Waals surface area contributed by atoms with Gasteiger partial charge in [-0.3, -0.25) is 4.57 Å². The van der Waals surface area contributed by atoms with Gasteiger partial charge in [-0.15, -0.1) is 0 Å². The Morgan fingerprint density at radius 1 is 1.19 bits per heavy atom. The van der Waals surface area contributed by atoms with E-state index in [4.69, 9.17) is 0 Å². The summed E-state index contributed by atoms with van der Waals surface area (Å²) in [4.78, 5) is 15.7. The monoisotopic (exact) mass is 285 g/mol. The van der Waals surface area contributed by atoms with Crippen molar-refractivity contribution in [3.63, 3.8) is 0 Å². The minimum Gasteiger partial charge on any atom is -0.312 e. The van der Waals surface area contributed by atoms with Crippen LogP contribution in [0, 0.1) is 6.92 Å². The molecule has 2 aromatic rings. The summed E-state index contributed by atoms with van der Waals surface area (Å²) in [7, 11) is 1.91. The molecule has 1 atom stereocenters. The van der Waals surface area contributed by atoms with Crippen LogP contribution in [0.5, 0.6) is 0 Å². The SMILES string of the molecule is CNC(Cn1cc(C)cnc1=O)c1ccc(C(C)C)cc1. The molecule has 0 amide bonds. The molecule has 1 aromatic carbocycles. The first kappa shape index (κ1) is 15.4. The van der Waals surface area contributed by atoms with E-state index in [1.54, 1.807) is 10.8 Å². The van der Waals surface area contributed by atoms with Gasteiger partial charge in [0.1, 0.15) is 0 Å². The molecule has 0 aliphatic carbocycles. The predicted octanol–water partition coefficient (Wildman–Crippen LogP) is 2.64. The van der Waals surface area contributed by atoms with Gasteiger partial charge in [0.15, 0.2) is 0 Å². The maximum Gasteiger partial charge on any atom is 0.347 e. The van der Waals surface area contributed by atoms with E-state index in [0.717, 1.165) is 5.56 Å². The molecule has 1 N–H and O–H groups in total. The third-order valence-corrected chi connectivity index (χ3v) is 3.72. The fraction of sp³-hybridized carbons (Fsp3) is 0.412. The standard InChI is InChI=1S/C17H23N3O/c1-12(2)14-5-7-15(8-6-14)16(18-4)11-20-10-13(3)9-19-17(20)21/h5-10,12,16,18H,11H2,1-4H3. The summed E-state index contributed by atoms with van der Waals surface area (Å²) in [6.45, 7) is 6.88. The second-order valence-corrected chi connectivity index (χ2v) is 5.73. The van der Waals surface area contributed by atoms with Crippen molar-refractivity contribution in [2.24, 2.45) is 0 Å². The Morgan fingerprint density at radius 3 is 2.38 bits per heavy atom. The van der Waals surface area contributed by atoms with Crippen molar-refractivity contribution in [1.29, 1.82) is 0 Å². The number of hydrogen-bond acceptors (Lipinski definition) is 3. The van der Waals surface area contributed by atoms with Gasteiger partial charge in [-0.2, -0.15) is 0 Å². The summed E-state index contributed by atoms with van der Waals surface area (Å²) >= 11 is 0. The van der Waals surface area contributed by atoms with E-state index in [-0.39, 0.29) is 11.7 Å². The van der Waals surface area contributed by atoms with Gasteiger partial charge >= 0.3 is 5.69 Å². The molecule has 1 aromatic heterocycles. The number of rotatable bonds is 5. The van der Waals surface area contributed by atoms with Crippen LogP contribution >= 0.6 is 0 Å². The fourth-order valence-corrected chi connectivity index (χ4v) is 2.37. The van der Waals surface area contributed by atoms with Gasteiger partial charge in [0.25, 0.3) is 0 Å². The number of aryl methyl sites for hydroxylation is 1. The topological polar surface area (TPSA) is 46.9 Å². The van der Waals surface area contributed by atoms with Gasteiger partial charge in [0.2, 0.25) is 0 Å². The van der Waals surface area contributed by atoms with E-state index >= 15 is 0 Å². The molecule has 0 spiro atoms. The quantitative estimate of drug-likeness (QED) is 0.918. The smallest absolute Gasteiger partial charge is 0.312 e. The van der Waals surface area contributed by atoms with E-state index < -0.39 is 0 Å². The summed E-state index contributed by atoms with van der Waals surface area (Å²) in [5, 5.41) is 3.27. The normalized spacial score (nSPS) is 12.6. The lowest BCUT2D eigenvalue weighted by atomic mass is 9.99. The van der Waals surface area contributed by atoms with Crippen LogP contribution in [0.1, 0.15) is 42.5 Å². The fourth-order valence-electron chi connectivity index (χ4n) is 2.37. The van der Waals surface area contributed by atoms with Gasteiger partial charge in [-0.05, 0) is 36.6 Å². The Hall–Kier alpha value is -1.94. The molecule has 1 heterocycles. The Morgan fingerprint density at radius 2 is 1.81 bits per heavy atom. The number of nitrogens with zero attached hydrogens (tertiary/aromatic N) is 2. The molecule has 1 unspecified atom stereocenters. The molecule has 4 nitrogen and oxygen atoms in total. The first-order chi connectivity index (χ1) is 10.0. The van der Waals surface area contributed by atoms with E-state index in [0.29, 0.717) is 12.5 Å². The Kier molecular flexibility index (Phi) is 4.91. The molecule has 0 fully saturated rings. The third kappa shape index (κ3) is 3.79. The molecule has 0 saturated heterocycles. The molecule has 112 valence electrons. The van der Waals surface area contributed by atoms with Gasteiger partial charge in [-0.1, -0.05) is 38.1 Å². The van der Waals surface area contributed by atoms with Crippen LogP contribution in [0.2, 0.25) is 0 Å².